The Morgan fingerprint density at radius 3 is 2.73 bits per heavy atom. The van der Waals surface area contributed by atoms with E-state index in [4.69, 9.17) is 4.74 Å². The fourth-order valence-electron chi connectivity index (χ4n) is 3.75. The molecule has 1 aromatic rings. The highest BCUT2D eigenvalue weighted by Gasteiger charge is 2.31. The van der Waals surface area contributed by atoms with Gasteiger partial charge in [-0.2, -0.15) is 0 Å². The van der Waals surface area contributed by atoms with Crippen LogP contribution in [0.4, 0.5) is 0 Å². The van der Waals surface area contributed by atoms with Crippen LogP contribution in [-0.2, 0) is 11.2 Å². The monoisotopic (exact) mass is 303 g/mol. The number of ether oxygens (including phenoxy) is 1. The summed E-state index contributed by atoms with van der Waals surface area (Å²) in [5.41, 5.74) is 1.37. The van der Waals surface area contributed by atoms with Gasteiger partial charge in [0.25, 0.3) is 0 Å². The summed E-state index contributed by atoms with van der Waals surface area (Å²) in [4.78, 5) is 6.70. The number of hydrogen-bond acceptors (Lipinski definition) is 4. The number of pyridine rings is 1. The van der Waals surface area contributed by atoms with Gasteiger partial charge in [0.15, 0.2) is 0 Å². The van der Waals surface area contributed by atoms with E-state index in [0.29, 0.717) is 18.0 Å². The normalized spacial score (nSPS) is 27.3. The topological polar surface area (TPSA) is 37.4 Å². The first-order valence-corrected chi connectivity index (χ1v) is 8.80. The molecule has 1 aromatic heterocycles. The Hall–Kier alpha value is -0.970. The Morgan fingerprint density at radius 2 is 2.00 bits per heavy atom. The molecule has 2 fully saturated rings. The van der Waals surface area contributed by atoms with Crippen molar-refractivity contribution in [2.75, 3.05) is 32.8 Å². The van der Waals surface area contributed by atoms with Crippen LogP contribution in [0, 0.1) is 5.92 Å². The fourth-order valence-corrected chi connectivity index (χ4v) is 3.75. The molecule has 2 atom stereocenters. The SMILES string of the molecule is CCCN1CCC(N[C@@H]2COC[C@H]2Cc2ccncc2)CC1. The molecule has 1 N–H and O–H groups in total. The van der Waals surface area contributed by atoms with Crippen molar-refractivity contribution in [3.63, 3.8) is 0 Å². The summed E-state index contributed by atoms with van der Waals surface area (Å²) in [5.74, 6) is 0.594. The number of rotatable bonds is 6. The van der Waals surface area contributed by atoms with E-state index in [2.05, 4.69) is 34.3 Å². The van der Waals surface area contributed by atoms with Crippen LogP contribution in [-0.4, -0.2) is 54.8 Å². The molecule has 0 spiro atoms. The van der Waals surface area contributed by atoms with E-state index >= 15 is 0 Å². The average Bonchev–Trinajstić information content (AvgIpc) is 2.97. The lowest BCUT2D eigenvalue weighted by Gasteiger charge is -2.34. The smallest absolute Gasteiger partial charge is 0.0623 e. The lowest BCUT2D eigenvalue weighted by molar-refractivity contribution is 0.170. The highest BCUT2D eigenvalue weighted by molar-refractivity contribution is 5.11. The maximum atomic E-state index is 5.75. The Labute approximate surface area is 134 Å². The summed E-state index contributed by atoms with van der Waals surface area (Å²) in [5, 5.41) is 3.88. The lowest BCUT2D eigenvalue weighted by Crippen LogP contribution is -2.48. The van der Waals surface area contributed by atoms with Crippen LogP contribution < -0.4 is 5.32 Å². The van der Waals surface area contributed by atoms with E-state index in [9.17, 15) is 0 Å². The van der Waals surface area contributed by atoms with Crippen LogP contribution in [0.3, 0.4) is 0 Å². The van der Waals surface area contributed by atoms with Gasteiger partial charge < -0.3 is 15.0 Å². The Kier molecular flexibility index (Phi) is 5.82. The molecule has 2 aliphatic rings. The molecule has 122 valence electrons. The van der Waals surface area contributed by atoms with Gasteiger partial charge in [0, 0.05) is 30.4 Å². The summed E-state index contributed by atoms with van der Waals surface area (Å²) >= 11 is 0. The molecular weight excluding hydrogens is 274 g/mol. The second-order valence-corrected chi connectivity index (χ2v) is 6.75. The maximum Gasteiger partial charge on any atom is 0.0623 e. The van der Waals surface area contributed by atoms with Crippen molar-refractivity contribution in [2.24, 2.45) is 5.92 Å². The summed E-state index contributed by atoms with van der Waals surface area (Å²) in [6.07, 6.45) is 8.68. The van der Waals surface area contributed by atoms with Crippen molar-refractivity contribution in [1.82, 2.24) is 15.2 Å². The maximum absolute atomic E-state index is 5.75. The van der Waals surface area contributed by atoms with Gasteiger partial charge in [-0.1, -0.05) is 6.92 Å². The largest absolute Gasteiger partial charge is 0.379 e. The molecule has 0 aromatic carbocycles. The quantitative estimate of drug-likeness (QED) is 0.873. The van der Waals surface area contributed by atoms with Gasteiger partial charge in [0.1, 0.15) is 0 Å². The third-order valence-corrected chi connectivity index (χ3v) is 5.02. The van der Waals surface area contributed by atoms with Gasteiger partial charge in [0.2, 0.25) is 0 Å². The predicted molar refractivity (Wildman–Crippen MR) is 88.9 cm³/mol. The Morgan fingerprint density at radius 1 is 1.23 bits per heavy atom. The van der Waals surface area contributed by atoms with E-state index in [0.717, 1.165) is 19.6 Å². The second kappa shape index (κ2) is 8.04. The zero-order valence-corrected chi connectivity index (χ0v) is 13.7. The first-order chi connectivity index (χ1) is 10.8. The van der Waals surface area contributed by atoms with Gasteiger partial charge in [-0.25, -0.2) is 0 Å². The number of likely N-dealkylation sites (tertiary alicyclic amines) is 1. The highest BCUT2D eigenvalue weighted by atomic mass is 16.5. The van der Waals surface area contributed by atoms with Crippen LogP contribution in [0.25, 0.3) is 0 Å². The Bertz CT molecular complexity index is 431. The number of nitrogens with one attached hydrogen (secondary N) is 1. The minimum absolute atomic E-state index is 0.510. The van der Waals surface area contributed by atoms with Gasteiger partial charge >= 0.3 is 0 Å². The van der Waals surface area contributed by atoms with Crippen LogP contribution >= 0.6 is 0 Å². The second-order valence-electron chi connectivity index (χ2n) is 6.75. The van der Waals surface area contributed by atoms with Crippen molar-refractivity contribution in [3.05, 3.63) is 30.1 Å². The molecule has 4 nitrogen and oxygen atoms in total. The van der Waals surface area contributed by atoms with E-state index in [1.165, 1.54) is 44.5 Å². The zero-order chi connectivity index (χ0) is 15.2. The molecule has 0 bridgehead atoms. The molecule has 0 radical (unpaired) electrons. The molecule has 2 saturated heterocycles. The van der Waals surface area contributed by atoms with Gasteiger partial charge in [-0.05, 0) is 63.0 Å². The third-order valence-electron chi connectivity index (χ3n) is 5.02. The molecule has 2 aliphatic heterocycles. The Balaban J connectivity index is 1.47. The minimum atomic E-state index is 0.510. The molecule has 0 unspecified atom stereocenters. The summed E-state index contributed by atoms with van der Waals surface area (Å²) in [6, 6.07) is 5.42. The van der Waals surface area contributed by atoms with E-state index in [-0.39, 0.29) is 0 Å². The molecule has 0 aliphatic carbocycles. The minimum Gasteiger partial charge on any atom is -0.379 e. The van der Waals surface area contributed by atoms with Crippen LogP contribution in [0.1, 0.15) is 31.7 Å². The first kappa shape index (κ1) is 15.9. The predicted octanol–water partition coefficient (Wildman–Crippen LogP) is 2.10. The van der Waals surface area contributed by atoms with Crippen molar-refractivity contribution in [3.8, 4) is 0 Å². The summed E-state index contributed by atoms with van der Waals surface area (Å²) < 4.78 is 5.75. The van der Waals surface area contributed by atoms with Crippen molar-refractivity contribution < 1.29 is 4.74 Å². The summed E-state index contributed by atoms with van der Waals surface area (Å²) in [6.45, 7) is 7.76. The molecular formula is C18H29N3O. The van der Waals surface area contributed by atoms with Crippen LogP contribution in [0.2, 0.25) is 0 Å². The first-order valence-electron chi connectivity index (χ1n) is 8.80. The number of hydrogen-bond donors (Lipinski definition) is 1. The van der Waals surface area contributed by atoms with Gasteiger partial charge in [0.05, 0.1) is 13.2 Å². The van der Waals surface area contributed by atoms with E-state index < -0.39 is 0 Å². The number of aromatic nitrogens is 1. The molecule has 3 heterocycles. The molecule has 3 rings (SSSR count). The third kappa shape index (κ3) is 4.28. The molecule has 22 heavy (non-hydrogen) atoms. The van der Waals surface area contributed by atoms with Crippen LogP contribution in [0.15, 0.2) is 24.5 Å². The number of nitrogens with zero attached hydrogens (tertiary/aromatic N) is 2. The van der Waals surface area contributed by atoms with Crippen molar-refractivity contribution in [2.45, 2.75) is 44.7 Å². The summed E-state index contributed by atoms with van der Waals surface area (Å²) in [7, 11) is 0. The fraction of sp³-hybridized carbons (Fsp3) is 0.722. The molecule has 0 amide bonds. The van der Waals surface area contributed by atoms with Gasteiger partial charge in [-0.3, -0.25) is 4.98 Å². The van der Waals surface area contributed by atoms with Crippen molar-refractivity contribution in [1.29, 1.82) is 0 Å². The standard InChI is InChI=1S/C18H29N3O/c1-2-9-21-10-5-17(6-11-21)20-18-14-22-13-16(18)12-15-3-7-19-8-4-15/h3-4,7-8,16-18,20H,2,5-6,9-14H2,1H3/t16-,18-/m1/s1. The average molecular weight is 303 g/mol. The molecule has 0 saturated carbocycles. The highest BCUT2D eigenvalue weighted by Crippen LogP contribution is 2.21. The van der Waals surface area contributed by atoms with Gasteiger partial charge in [-0.15, -0.1) is 0 Å². The lowest BCUT2D eigenvalue weighted by atomic mass is 9.93. The molecule has 4 heteroatoms. The van der Waals surface area contributed by atoms with Crippen molar-refractivity contribution >= 4 is 0 Å². The zero-order valence-electron chi connectivity index (χ0n) is 13.7. The number of piperidine rings is 1. The van der Waals surface area contributed by atoms with Crippen LogP contribution in [0.5, 0.6) is 0 Å². The van der Waals surface area contributed by atoms with E-state index in [1.54, 1.807) is 0 Å². The van der Waals surface area contributed by atoms with E-state index in [1.807, 2.05) is 12.4 Å².